The lowest BCUT2D eigenvalue weighted by Crippen LogP contribution is -2.74. The molecule has 6 fully saturated rings. The number of methoxy groups -OCH3 is 4. The molecule has 1 N–H and O–H groups in total. The molecule has 1 spiro atoms. The van der Waals surface area contributed by atoms with Gasteiger partial charge in [0, 0.05) is 75.5 Å². The van der Waals surface area contributed by atoms with Gasteiger partial charge in [-0.3, -0.25) is 4.79 Å². The van der Waals surface area contributed by atoms with Gasteiger partial charge in [-0.2, -0.15) is 0 Å². The molecule has 5 saturated carbocycles. The van der Waals surface area contributed by atoms with E-state index in [1.54, 1.807) is 45.6 Å². The predicted octanol–water partition coefficient (Wildman–Crippen LogP) is 1.81. The first-order valence-corrected chi connectivity index (χ1v) is 14.5. The highest BCUT2D eigenvalue weighted by Gasteiger charge is 2.86. The summed E-state index contributed by atoms with van der Waals surface area (Å²) in [4.78, 5) is 30.3. The summed E-state index contributed by atoms with van der Waals surface area (Å²) >= 11 is 0. The molecule has 7 bridgehead atoms. The molecule has 0 amide bonds. The van der Waals surface area contributed by atoms with Crippen molar-refractivity contribution in [2.24, 2.45) is 40.4 Å². The zero-order chi connectivity index (χ0) is 28.2. The molecular formula is C31H41NO8. The molecule has 0 radical (unpaired) electrons. The number of ether oxygens (including phenoxy) is 5. The molecule has 1 aromatic rings. The van der Waals surface area contributed by atoms with Crippen LogP contribution < -0.4 is 0 Å². The van der Waals surface area contributed by atoms with Crippen molar-refractivity contribution in [2.45, 2.75) is 55.3 Å². The van der Waals surface area contributed by atoms with Crippen LogP contribution in [0.5, 0.6) is 0 Å². The molecule has 0 aromatic heterocycles. The highest BCUT2D eigenvalue weighted by atomic mass is 16.6. The molecule has 7 rings (SSSR count). The summed E-state index contributed by atoms with van der Waals surface area (Å²) in [5.74, 6) is -1.64. The van der Waals surface area contributed by atoms with E-state index in [1.165, 1.54) is 7.11 Å². The Morgan fingerprint density at radius 3 is 2.48 bits per heavy atom. The molecule has 9 nitrogen and oxygen atoms in total. The van der Waals surface area contributed by atoms with Crippen LogP contribution in [-0.2, 0) is 28.5 Å². The lowest BCUT2D eigenvalue weighted by Gasteiger charge is -2.67. The lowest BCUT2D eigenvalue weighted by molar-refractivity contribution is -0.247. The molecule has 13 atom stereocenters. The average molecular weight is 556 g/mol. The number of piperidine rings is 1. The minimum Gasteiger partial charge on any atom is -0.455 e. The second-order valence-electron chi connectivity index (χ2n) is 13.3. The summed E-state index contributed by atoms with van der Waals surface area (Å²) in [6.07, 6.45) is -0.146. The van der Waals surface area contributed by atoms with Gasteiger partial charge in [0.15, 0.2) is 5.78 Å². The van der Waals surface area contributed by atoms with Crippen LogP contribution >= 0.6 is 0 Å². The average Bonchev–Trinajstić information content (AvgIpc) is 3.30. The van der Waals surface area contributed by atoms with Crippen molar-refractivity contribution in [1.29, 1.82) is 0 Å². The van der Waals surface area contributed by atoms with Gasteiger partial charge in [0.2, 0.25) is 0 Å². The first-order chi connectivity index (χ1) is 19.2. The Balaban J connectivity index is 1.43. The van der Waals surface area contributed by atoms with Crippen LogP contribution in [0.2, 0.25) is 0 Å². The van der Waals surface area contributed by atoms with Crippen LogP contribution in [0.3, 0.4) is 0 Å². The van der Waals surface area contributed by atoms with E-state index in [2.05, 4.69) is 11.9 Å². The Hall–Kier alpha value is -1.88. The van der Waals surface area contributed by atoms with Gasteiger partial charge in [0.25, 0.3) is 0 Å². The molecule has 40 heavy (non-hydrogen) atoms. The maximum atomic E-state index is 14.4. The van der Waals surface area contributed by atoms with E-state index < -0.39 is 35.1 Å². The fraction of sp³-hybridized carbons (Fsp3) is 0.742. The molecule has 5 aliphatic carbocycles. The quantitative estimate of drug-likeness (QED) is 0.505. The van der Waals surface area contributed by atoms with Gasteiger partial charge >= 0.3 is 5.97 Å². The van der Waals surface area contributed by atoms with Crippen LogP contribution in [0.4, 0.5) is 0 Å². The van der Waals surface area contributed by atoms with Crippen molar-refractivity contribution in [3.05, 3.63) is 35.9 Å². The Kier molecular flexibility index (Phi) is 6.11. The minimum atomic E-state index is -1.63. The molecule has 1 aliphatic heterocycles. The van der Waals surface area contributed by atoms with Crippen LogP contribution in [0.1, 0.15) is 29.6 Å². The number of aliphatic hydroxyl groups is 1. The summed E-state index contributed by atoms with van der Waals surface area (Å²) in [6.45, 7) is 1.44. The Morgan fingerprint density at radius 2 is 1.82 bits per heavy atom. The summed E-state index contributed by atoms with van der Waals surface area (Å²) < 4.78 is 30.8. The number of esters is 1. The predicted molar refractivity (Wildman–Crippen MR) is 142 cm³/mol. The van der Waals surface area contributed by atoms with Crippen molar-refractivity contribution >= 4 is 11.8 Å². The summed E-state index contributed by atoms with van der Waals surface area (Å²) in [6, 6.07) is 8.86. The fourth-order valence-electron chi connectivity index (χ4n) is 11.6. The Morgan fingerprint density at radius 1 is 1.07 bits per heavy atom. The lowest BCUT2D eigenvalue weighted by atomic mass is 9.44. The molecule has 3 unspecified atom stereocenters. The molecule has 1 aromatic carbocycles. The summed E-state index contributed by atoms with van der Waals surface area (Å²) in [5, 5.41) is 12.4. The van der Waals surface area contributed by atoms with E-state index in [4.69, 9.17) is 23.7 Å². The number of benzene rings is 1. The normalized spacial score (nSPS) is 50.2. The Labute approximate surface area is 235 Å². The van der Waals surface area contributed by atoms with Crippen molar-refractivity contribution in [3.63, 3.8) is 0 Å². The standard InChI is InChI=1S/C31H41NO8/c1-32-14-29(15-36-2)12-11-18(37-3)31-17-13-30(35)26(40-28(34)16-9-7-6-8-10-16)19(17)20(22(33)27(30)39-5)21(25(31)32)23(38-4)24(29)31/h6-10,17-21,23-27,35H,11-15H2,1-5H3/t17-,18+,19+,20+,21?,23+,24-,25?,26-,27+,29+,30-,31?/m1/s1. The SMILES string of the molecule is COC[C@@]12CC[C@H](OC)C34C(C([C@H]5C(=O)[C@H](OC)[C@@]6(O)C[C@@H]3[C@@H]5[C@H]6OC(=O)c3ccccc3)[C@H](OC)[C@@H]41)N(C)C2. The van der Waals surface area contributed by atoms with Crippen molar-refractivity contribution in [1.82, 2.24) is 4.90 Å². The van der Waals surface area contributed by atoms with Gasteiger partial charge in [-0.1, -0.05) is 18.2 Å². The van der Waals surface area contributed by atoms with E-state index in [0.717, 1.165) is 19.4 Å². The number of hydrogen-bond donors (Lipinski definition) is 1. The van der Waals surface area contributed by atoms with Gasteiger partial charge < -0.3 is 33.7 Å². The van der Waals surface area contributed by atoms with Gasteiger partial charge in [0.1, 0.15) is 17.8 Å². The van der Waals surface area contributed by atoms with E-state index in [9.17, 15) is 14.7 Å². The van der Waals surface area contributed by atoms with Gasteiger partial charge in [-0.05, 0) is 44.4 Å². The second kappa shape index (κ2) is 9.06. The number of likely N-dealkylation sites (tertiary alicyclic amines) is 1. The number of ketones is 1. The topological polar surface area (TPSA) is 104 Å². The number of Topliss-reactive ketones (excluding diaryl/α,β-unsaturated/α-hetero) is 1. The fourth-order valence-corrected chi connectivity index (χ4v) is 11.6. The van der Waals surface area contributed by atoms with Crippen LogP contribution in [0.25, 0.3) is 0 Å². The zero-order valence-corrected chi connectivity index (χ0v) is 23.9. The third-order valence-corrected chi connectivity index (χ3v) is 12.1. The van der Waals surface area contributed by atoms with E-state index in [0.29, 0.717) is 18.6 Å². The number of hydrogen-bond acceptors (Lipinski definition) is 9. The minimum absolute atomic E-state index is 0.0244. The Bertz CT molecular complexity index is 1200. The smallest absolute Gasteiger partial charge is 0.338 e. The molecule has 1 heterocycles. The molecule has 1 saturated heterocycles. The first-order valence-electron chi connectivity index (χ1n) is 14.5. The highest BCUT2D eigenvalue weighted by Crippen LogP contribution is 2.78. The molecule has 9 heteroatoms. The summed E-state index contributed by atoms with van der Waals surface area (Å²) in [7, 11) is 8.93. The van der Waals surface area contributed by atoms with E-state index in [-0.39, 0.29) is 53.1 Å². The van der Waals surface area contributed by atoms with Crippen molar-refractivity contribution in [3.8, 4) is 0 Å². The third-order valence-electron chi connectivity index (χ3n) is 12.1. The van der Waals surface area contributed by atoms with Crippen LogP contribution in [-0.4, -0.2) is 106 Å². The largest absolute Gasteiger partial charge is 0.455 e. The zero-order valence-electron chi connectivity index (χ0n) is 23.9. The number of nitrogens with zero attached hydrogens (tertiary/aromatic N) is 1. The van der Waals surface area contributed by atoms with Crippen molar-refractivity contribution < 1.29 is 38.4 Å². The van der Waals surface area contributed by atoms with Gasteiger partial charge in [-0.25, -0.2) is 4.79 Å². The number of rotatable bonds is 7. The monoisotopic (exact) mass is 555 g/mol. The third kappa shape index (κ3) is 2.99. The number of carbonyl (C=O) groups excluding carboxylic acids is 2. The summed E-state index contributed by atoms with van der Waals surface area (Å²) in [5.41, 5.74) is -1.80. The van der Waals surface area contributed by atoms with Gasteiger partial charge in [0.05, 0.1) is 24.4 Å². The van der Waals surface area contributed by atoms with Crippen LogP contribution in [0, 0.1) is 40.4 Å². The van der Waals surface area contributed by atoms with E-state index in [1.807, 2.05) is 6.07 Å². The molecule has 6 aliphatic rings. The number of fused-ring (bicyclic) bond motifs is 2. The maximum absolute atomic E-state index is 14.4. The first kappa shape index (κ1) is 27.0. The second-order valence-corrected chi connectivity index (χ2v) is 13.3. The highest BCUT2D eigenvalue weighted by molar-refractivity contribution is 5.92. The van der Waals surface area contributed by atoms with Crippen molar-refractivity contribution in [2.75, 3.05) is 48.6 Å². The molecular weight excluding hydrogens is 514 g/mol. The van der Waals surface area contributed by atoms with E-state index >= 15 is 0 Å². The van der Waals surface area contributed by atoms with Gasteiger partial charge in [-0.15, -0.1) is 0 Å². The molecule has 218 valence electrons. The van der Waals surface area contributed by atoms with Crippen LogP contribution in [0.15, 0.2) is 30.3 Å². The number of carbonyl (C=O) groups is 2. The maximum Gasteiger partial charge on any atom is 0.338 e.